The molecule has 1 aromatic heterocycles. The zero-order valence-electron chi connectivity index (χ0n) is 16.4. The molecule has 0 aliphatic heterocycles. The molecule has 0 atom stereocenters. The number of likely N-dealkylation sites (N-methyl/N-ethyl adjacent to an activating group) is 1. The Morgan fingerprint density at radius 3 is 2.46 bits per heavy atom. The summed E-state index contributed by atoms with van der Waals surface area (Å²) in [7, 11) is 2.01. The molecule has 3 aromatic rings. The quantitative estimate of drug-likeness (QED) is 0.646. The van der Waals surface area contributed by atoms with Gasteiger partial charge < -0.3 is 19.5 Å². The fourth-order valence-electron chi connectivity index (χ4n) is 2.82. The van der Waals surface area contributed by atoms with Crippen LogP contribution in [0.15, 0.2) is 59.1 Å². The number of anilines is 1. The Labute approximate surface area is 165 Å². The molecule has 0 bridgehead atoms. The lowest BCUT2D eigenvalue weighted by molar-refractivity contribution is 0.0954. The van der Waals surface area contributed by atoms with Crippen LogP contribution < -0.4 is 15.0 Å². The molecular weight excluding hydrogens is 354 g/mol. The van der Waals surface area contributed by atoms with Crippen molar-refractivity contribution in [3.63, 3.8) is 0 Å². The molecule has 2 aromatic carbocycles. The Morgan fingerprint density at radius 1 is 1.11 bits per heavy atom. The summed E-state index contributed by atoms with van der Waals surface area (Å²) in [5.74, 6) is 1.35. The summed E-state index contributed by atoms with van der Waals surface area (Å²) < 4.78 is 10.9. The predicted molar refractivity (Wildman–Crippen MR) is 109 cm³/mol. The van der Waals surface area contributed by atoms with Crippen molar-refractivity contribution in [3.8, 4) is 5.75 Å². The van der Waals surface area contributed by atoms with Crippen LogP contribution in [0.3, 0.4) is 0 Å². The van der Waals surface area contributed by atoms with Crippen molar-refractivity contribution in [1.29, 1.82) is 0 Å². The second kappa shape index (κ2) is 9.08. The molecule has 3 rings (SSSR count). The Balaban J connectivity index is 1.47. The Kier molecular flexibility index (Phi) is 6.32. The molecule has 0 aliphatic carbocycles. The van der Waals surface area contributed by atoms with Crippen LogP contribution in [0.1, 0.15) is 27.4 Å². The summed E-state index contributed by atoms with van der Waals surface area (Å²) >= 11 is 0. The topological polar surface area (TPSA) is 67.6 Å². The zero-order valence-corrected chi connectivity index (χ0v) is 16.4. The summed E-state index contributed by atoms with van der Waals surface area (Å²) in [6.07, 6.45) is 0. The van der Waals surface area contributed by atoms with Gasteiger partial charge in [-0.15, -0.1) is 0 Å². The lowest BCUT2D eigenvalue weighted by atomic mass is 10.2. The largest absolute Gasteiger partial charge is 0.489 e. The number of benzene rings is 2. The predicted octanol–water partition coefficient (Wildman–Crippen LogP) is 3.74. The number of nitrogens with one attached hydrogen (secondary N) is 1. The smallest absolute Gasteiger partial charge is 0.251 e. The highest BCUT2D eigenvalue weighted by Gasteiger charge is 2.10. The van der Waals surface area contributed by atoms with E-state index in [0.29, 0.717) is 24.5 Å². The zero-order chi connectivity index (χ0) is 19.9. The fraction of sp³-hybridized carbons (Fsp3) is 0.273. The van der Waals surface area contributed by atoms with Crippen LogP contribution in [0.4, 0.5) is 5.69 Å². The molecule has 0 fully saturated rings. The van der Waals surface area contributed by atoms with Crippen LogP contribution in [-0.4, -0.2) is 31.2 Å². The minimum absolute atomic E-state index is 0.0984. The summed E-state index contributed by atoms with van der Waals surface area (Å²) in [6.45, 7) is 5.43. The van der Waals surface area contributed by atoms with E-state index in [1.54, 1.807) is 24.3 Å². The van der Waals surface area contributed by atoms with E-state index >= 15 is 0 Å². The Morgan fingerprint density at radius 2 is 1.82 bits per heavy atom. The van der Waals surface area contributed by atoms with Crippen molar-refractivity contribution in [2.75, 3.05) is 25.0 Å². The van der Waals surface area contributed by atoms with Gasteiger partial charge in [0.2, 0.25) is 0 Å². The van der Waals surface area contributed by atoms with Gasteiger partial charge in [-0.05, 0) is 50.2 Å². The molecule has 0 saturated heterocycles. The van der Waals surface area contributed by atoms with Gasteiger partial charge >= 0.3 is 0 Å². The van der Waals surface area contributed by atoms with Gasteiger partial charge in [-0.1, -0.05) is 23.4 Å². The maximum atomic E-state index is 12.3. The highest BCUT2D eigenvalue weighted by molar-refractivity contribution is 5.94. The maximum absolute atomic E-state index is 12.3. The first-order chi connectivity index (χ1) is 13.5. The number of aryl methyl sites for hydroxylation is 2. The minimum atomic E-state index is -0.0984. The Bertz CT molecular complexity index is 885. The van der Waals surface area contributed by atoms with Crippen LogP contribution in [-0.2, 0) is 6.61 Å². The first kappa shape index (κ1) is 19.5. The second-order valence-corrected chi connectivity index (χ2v) is 6.63. The molecule has 146 valence electrons. The van der Waals surface area contributed by atoms with Crippen LogP contribution in [0.25, 0.3) is 0 Å². The lowest BCUT2D eigenvalue weighted by Crippen LogP contribution is -2.32. The van der Waals surface area contributed by atoms with Crippen molar-refractivity contribution in [2.45, 2.75) is 20.5 Å². The van der Waals surface area contributed by atoms with E-state index in [1.807, 2.05) is 51.2 Å². The van der Waals surface area contributed by atoms with E-state index in [9.17, 15) is 4.79 Å². The van der Waals surface area contributed by atoms with Crippen molar-refractivity contribution < 1.29 is 14.1 Å². The number of ether oxygens (including phenoxy) is 1. The van der Waals surface area contributed by atoms with Gasteiger partial charge in [-0.25, -0.2) is 0 Å². The van der Waals surface area contributed by atoms with Crippen LogP contribution in [0, 0.1) is 13.8 Å². The molecule has 6 heteroatoms. The van der Waals surface area contributed by atoms with E-state index in [0.717, 1.165) is 29.2 Å². The van der Waals surface area contributed by atoms with Crippen molar-refractivity contribution in [1.82, 2.24) is 10.5 Å². The molecule has 0 unspecified atom stereocenters. The molecule has 6 nitrogen and oxygen atoms in total. The minimum Gasteiger partial charge on any atom is -0.489 e. The van der Waals surface area contributed by atoms with Gasteiger partial charge in [0, 0.05) is 31.4 Å². The first-order valence-electron chi connectivity index (χ1n) is 9.23. The van der Waals surface area contributed by atoms with Crippen LogP contribution in [0.2, 0.25) is 0 Å². The normalized spacial score (nSPS) is 10.5. The van der Waals surface area contributed by atoms with E-state index in [-0.39, 0.29) is 5.91 Å². The molecule has 0 spiro atoms. The van der Waals surface area contributed by atoms with Crippen molar-refractivity contribution in [3.05, 3.63) is 77.2 Å². The number of para-hydroxylation sites is 1. The molecule has 1 N–H and O–H groups in total. The number of hydrogen-bond donors (Lipinski definition) is 1. The van der Waals surface area contributed by atoms with Crippen molar-refractivity contribution >= 4 is 11.6 Å². The van der Waals surface area contributed by atoms with Gasteiger partial charge in [-0.3, -0.25) is 4.79 Å². The third-order valence-corrected chi connectivity index (χ3v) is 4.61. The molecule has 0 aliphatic rings. The number of carbonyl (C=O) groups excluding carboxylic acids is 1. The fourth-order valence-corrected chi connectivity index (χ4v) is 2.82. The average Bonchev–Trinajstić information content (AvgIpc) is 3.04. The van der Waals surface area contributed by atoms with Gasteiger partial charge in [0.05, 0.1) is 11.3 Å². The van der Waals surface area contributed by atoms with Gasteiger partial charge in [0.25, 0.3) is 5.91 Å². The third kappa shape index (κ3) is 4.91. The Hall–Kier alpha value is -3.28. The molecule has 0 saturated carbocycles. The first-order valence-corrected chi connectivity index (χ1v) is 9.23. The standard InChI is InChI=1S/C22H25N3O3/c1-16-21(17(2)28-24-16)15-27-20-11-9-18(10-12-20)22(26)23-13-14-25(3)19-7-5-4-6-8-19/h4-12H,13-15H2,1-3H3,(H,23,26). The highest BCUT2D eigenvalue weighted by atomic mass is 16.5. The van der Waals surface area contributed by atoms with E-state index < -0.39 is 0 Å². The monoisotopic (exact) mass is 379 g/mol. The van der Waals surface area contributed by atoms with Crippen LogP contribution >= 0.6 is 0 Å². The second-order valence-electron chi connectivity index (χ2n) is 6.63. The summed E-state index contributed by atoms with van der Waals surface area (Å²) in [4.78, 5) is 14.4. The lowest BCUT2D eigenvalue weighted by Gasteiger charge is -2.19. The van der Waals surface area contributed by atoms with Gasteiger partial charge in [-0.2, -0.15) is 0 Å². The molecule has 1 heterocycles. The SMILES string of the molecule is Cc1noc(C)c1COc1ccc(C(=O)NCCN(C)c2ccccc2)cc1. The summed E-state index contributed by atoms with van der Waals surface area (Å²) in [5, 5.41) is 6.86. The molecule has 28 heavy (non-hydrogen) atoms. The average molecular weight is 379 g/mol. The highest BCUT2D eigenvalue weighted by Crippen LogP contribution is 2.18. The molecular formula is C22H25N3O3. The van der Waals surface area contributed by atoms with E-state index in [4.69, 9.17) is 9.26 Å². The van der Waals surface area contributed by atoms with Crippen molar-refractivity contribution in [2.24, 2.45) is 0 Å². The molecule has 0 radical (unpaired) electrons. The third-order valence-electron chi connectivity index (χ3n) is 4.61. The van der Waals surface area contributed by atoms with Gasteiger partial charge in [0.15, 0.2) is 0 Å². The number of rotatable bonds is 8. The summed E-state index contributed by atoms with van der Waals surface area (Å²) in [6, 6.07) is 17.2. The van der Waals surface area contributed by atoms with Gasteiger partial charge in [0.1, 0.15) is 18.1 Å². The number of carbonyl (C=O) groups is 1. The maximum Gasteiger partial charge on any atom is 0.251 e. The summed E-state index contributed by atoms with van der Waals surface area (Å²) in [5.41, 5.74) is 3.50. The number of hydrogen-bond acceptors (Lipinski definition) is 5. The van der Waals surface area contributed by atoms with E-state index in [2.05, 4.69) is 15.4 Å². The molecule has 1 amide bonds. The number of aromatic nitrogens is 1. The number of nitrogens with zero attached hydrogens (tertiary/aromatic N) is 2. The van der Waals surface area contributed by atoms with Crippen LogP contribution in [0.5, 0.6) is 5.75 Å². The number of amides is 1. The van der Waals surface area contributed by atoms with E-state index in [1.165, 1.54) is 0 Å².